The van der Waals surface area contributed by atoms with E-state index in [0.29, 0.717) is 24.8 Å². The lowest BCUT2D eigenvalue weighted by Gasteiger charge is -2.32. The van der Waals surface area contributed by atoms with Gasteiger partial charge in [-0.15, -0.1) is 0 Å². The summed E-state index contributed by atoms with van der Waals surface area (Å²) in [5, 5.41) is 3.28. The first kappa shape index (κ1) is 17.2. The summed E-state index contributed by atoms with van der Waals surface area (Å²) in [6.45, 7) is 1.11. The monoisotopic (exact) mass is 354 g/mol. The van der Waals surface area contributed by atoms with E-state index >= 15 is 0 Å². The van der Waals surface area contributed by atoms with Crippen LogP contribution >= 0.6 is 0 Å². The molecule has 0 aromatic carbocycles. The van der Waals surface area contributed by atoms with Crippen molar-refractivity contribution in [3.63, 3.8) is 0 Å². The van der Waals surface area contributed by atoms with Gasteiger partial charge in [-0.05, 0) is 18.9 Å². The number of alkyl halides is 3. The van der Waals surface area contributed by atoms with E-state index in [9.17, 15) is 13.2 Å². The molecule has 7 nitrogen and oxygen atoms in total. The molecule has 0 bridgehead atoms. The highest BCUT2D eigenvalue weighted by molar-refractivity contribution is 5.39. The molecule has 1 N–H and O–H groups in total. The molecule has 1 saturated heterocycles. The maximum Gasteiger partial charge on any atom is 0.433 e. The predicted molar refractivity (Wildman–Crippen MR) is 84.5 cm³/mol. The molecule has 1 aliphatic rings. The van der Waals surface area contributed by atoms with Crippen molar-refractivity contribution < 1.29 is 17.9 Å². The number of nitrogens with one attached hydrogen (secondary N) is 1. The number of rotatable bonds is 4. The van der Waals surface area contributed by atoms with Crippen molar-refractivity contribution in [2.75, 3.05) is 30.4 Å². The normalized spacial score (nSPS) is 15.9. The van der Waals surface area contributed by atoms with Crippen LogP contribution in [-0.4, -0.2) is 46.2 Å². The Labute approximate surface area is 142 Å². The lowest BCUT2D eigenvalue weighted by Crippen LogP contribution is -2.40. The van der Waals surface area contributed by atoms with Gasteiger partial charge in [-0.25, -0.2) is 19.9 Å². The Morgan fingerprint density at radius 2 is 1.96 bits per heavy atom. The molecule has 1 aliphatic heterocycles. The molecule has 0 radical (unpaired) electrons. The summed E-state index contributed by atoms with van der Waals surface area (Å²) in [5.41, 5.74) is -0.925. The van der Waals surface area contributed by atoms with Crippen LogP contribution in [0.3, 0.4) is 0 Å². The van der Waals surface area contributed by atoms with E-state index < -0.39 is 11.9 Å². The Morgan fingerprint density at radius 1 is 1.20 bits per heavy atom. The van der Waals surface area contributed by atoms with Gasteiger partial charge in [-0.1, -0.05) is 0 Å². The minimum absolute atomic E-state index is 0.108. The number of ether oxygens (including phenoxy) is 1. The summed E-state index contributed by atoms with van der Waals surface area (Å²) in [5.74, 6) is 1.23. The Morgan fingerprint density at radius 3 is 2.64 bits per heavy atom. The number of nitrogens with zero attached hydrogens (tertiary/aromatic N) is 5. The fourth-order valence-electron chi connectivity index (χ4n) is 2.62. The second-order valence-electron chi connectivity index (χ2n) is 5.59. The third-order valence-corrected chi connectivity index (χ3v) is 3.91. The number of hydrogen-bond donors (Lipinski definition) is 1. The first-order valence-corrected chi connectivity index (χ1v) is 7.73. The van der Waals surface area contributed by atoms with Crippen LogP contribution in [0.25, 0.3) is 0 Å². The van der Waals surface area contributed by atoms with Gasteiger partial charge < -0.3 is 15.0 Å². The Bertz CT molecular complexity index is 718. The number of halogens is 3. The van der Waals surface area contributed by atoms with Crippen molar-refractivity contribution in [2.45, 2.75) is 25.1 Å². The van der Waals surface area contributed by atoms with E-state index in [1.54, 1.807) is 11.0 Å². The quantitative estimate of drug-likeness (QED) is 0.903. The average molecular weight is 354 g/mol. The second-order valence-corrected chi connectivity index (χ2v) is 5.59. The first-order valence-electron chi connectivity index (χ1n) is 7.73. The molecule has 10 heteroatoms. The zero-order valence-corrected chi connectivity index (χ0v) is 13.5. The van der Waals surface area contributed by atoms with Crippen molar-refractivity contribution in [1.82, 2.24) is 19.9 Å². The fraction of sp³-hybridized carbons (Fsp3) is 0.467. The Hall–Kier alpha value is -2.65. The Balaban J connectivity index is 1.60. The molecule has 1 fully saturated rings. The lowest BCUT2D eigenvalue weighted by atomic mass is 10.1. The van der Waals surface area contributed by atoms with E-state index in [1.165, 1.54) is 13.4 Å². The Kier molecular flexibility index (Phi) is 4.86. The van der Waals surface area contributed by atoms with Gasteiger partial charge in [-0.3, -0.25) is 0 Å². The molecule has 0 saturated carbocycles. The number of piperidine rings is 1. The van der Waals surface area contributed by atoms with Gasteiger partial charge in [0.1, 0.15) is 17.8 Å². The van der Waals surface area contributed by atoms with E-state index in [-0.39, 0.29) is 12.0 Å². The SMILES string of the molecule is COc1cc(NC2CCN(c3nccc(C(F)(F)F)n3)CC2)ncn1. The maximum absolute atomic E-state index is 12.8. The zero-order chi connectivity index (χ0) is 17.9. The molecule has 2 aromatic rings. The van der Waals surface area contributed by atoms with Gasteiger partial charge in [0, 0.05) is 31.4 Å². The van der Waals surface area contributed by atoms with Crippen LogP contribution in [0.15, 0.2) is 24.7 Å². The minimum atomic E-state index is -4.47. The van der Waals surface area contributed by atoms with E-state index in [2.05, 4.69) is 25.3 Å². The van der Waals surface area contributed by atoms with Crippen LogP contribution in [0, 0.1) is 0 Å². The van der Waals surface area contributed by atoms with Crippen molar-refractivity contribution in [3.05, 3.63) is 30.4 Å². The molecule has 0 unspecified atom stereocenters. The smallest absolute Gasteiger partial charge is 0.433 e. The van der Waals surface area contributed by atoms with Crippen LogP contribution < -0.4 is 15.0 Å². The van der Waals surface area contributed by atoms with Gasteiger partial charge in [-0.2, -0.15) is 13.2 Å². The van der Waals surface area contributed by atoms with Crippen LogP contribution in [0.1, 0.15) is 18.5 Å². The van der Waals surface area contributed by atoms with Crippen LogP contribution in [-0.2, 0) is 6.18 Å². The number of aromatic nitrogens is 4. The highest BCUT2D eigenvalue weighted by Crippen LogP contribution is 2.28. The van der Waals surface area contributed by atoms with Crippen molar-refractivity contribution in [3.8, 4) is 5.88 Å². The molecule has 134 valence electrons. The van der Waals surface area contributed by atoms with Crippen LogP contribution in [0.5, 0.6) is 5.88 Å². The highest BCUT2D eigenvalue weighted by Gasteiger charge is 2.33. The van der Waals surface area contributed by atoms with Gasteiger partial charge >= 0.3 is 6.18 Å². The van der Waals surface area contributed by atoms with E-state index in [4.69, 9.17) is 4.74 Å². The van der Waals surface area contributed by atoms with Crippen molar-refractivity contribution in [2.24, 2.45) is 0 Å². The first-order chi connectivity index (χ1) is 12.0. The largest absolute Gasteiger partial charge is 0.481 e. The van der Waals surface area contributed by atoms with Crippen LogP contribution in [0.2, 0.25) is 0 Å². The summed E-state index contributed by atoms with van der Waals surface area (Å²) in [6, 6.07) is 2.73. The van der Waals surface area contributed by atoms with Crippen molar-refractivity contribution >= 4 is 11.8 Å². The topological polar surface area (TPSA) is 76.1 Å². The molecule has 25 heavy (non-hydrogen) atoms. The van der Waals surface area contributed by atoms with Crippen LogP contribution in [0.4, 0.5) is 24.9 Å². The van der Waals surface area contributed by atoms with E-state index in [1.807, 2.05) is 0 Å². The molecular formula is C15H17F3N6O. The standard InChI is InChI=1S/C15H17F3N6O/c1-25-13-8-12(20-9-21-13)22-10-3-6-24(7-4-10)14-19-5-2-11(23-14)15(16,17)18/h2,5,8-10H,3-4,6-7H2,1H3,(H,20,21,22). The highest BCUT2D eigenvalue weighted by atomic mass is 19.4. The van der Waals surface area contributed by atoms with Gasteiger partial charge in [0.2, 0.25) is 11.8 Å². The second kappa shape index (κ2) is 7.08. The number of anilines is 2. The molecular weight excluding hydrogens is 337 g/mol. The molecule has 2 aromatic heterocycles. The molecule has 0 amide bonds. The van der Waals surface area contributed by atoms with Crippen molar-refractivity contribution in [1.29, 1.82) is 0 Å². The molecule has 0 spiro atoms. The van der Waals surface area contributed by atoms with Gasteiger partial charge in [0.05, 0.1) is 7.11 Å². The summed E-state index contributed by atoms with van der Waals surface area (Å²) in [6.07, 6.45) is -0.461. The summed E-state index contributed by atoms with van der Waals surface area (Å²) in [4.78, 5) is 17.4. The minimum Gasteiger partial charge on any atom is -0.481 e. The summed E-state index contributed by atoms with van der Waals surface area (Å²) in [7, 11) is 1.53. The molecule has 0 aliphatic carbocycles. The maximum atomic E-state index is 12.8. The number of hydrogen-bond acceptors (Lipinski definition) is 7. The fourth-order valence-corrected chi connectivity index (χ4v) is 2.62. The third kappa shape index (κ3) is 4.25. The predicted octanol–water partition coefficient (Wildman–Crippen LogP) is 2.37. The molecule has 3 heterocycles. The molecule has 3 rings (SSSR count). The summed E-state index contributed by atoms with van der Waals surface area (Å²) < 4.78 is 43.3. The third-order valence-electron chi connectivity index (χ3n) is 3.91. The molecule has 0 atom stereocenters. The van der Waals surface area contributed by atoms with Gasteiger partial charge in [0.25, 0.3) is 0 Å². The zero-order valence-electron chi connectivity index (χ0n) is 13.5. The van der Waals surface area contributed by atoms with Gasteiger partial charge in [0.15, 0.2) is 0 Å². The lowest BCUT2D eigenvalue weighted by molar-refractivity contribution is -0.141. The average Bonchev–Trinajstić information content (AvgIpc) is 2.62. The summed E-state index contributed by atoms with van der Waals surface area (Å²) >= 11 is 0. The number of methoxy groups -OCH3 is 1. The van der Waals surface area contributed by atoms with E-state index in [0.717, 1.165) is 25.1 Å².